The highest BCUT2D eigenvalue weighted by Crippen LogP contribution is 2.28. The summed E-state index contributed by atoms with van der Waals surface area (Å²) in [4.78, 5) is 11.9. The van der Waals surface area contributed by atoms with E-state index < -0.39 is 5.60 Å². The molecule has 0 spiro atoms. The highest BCUT2D eigenvalue weighted by atomic mass is 16.3. The minimum absolute atomic E-state index is 0.224. The van der Waals surface area contributed by atoms with Crippen LogP contribution in [0.2, 0.25) is 0 Å². The van der Waals surface area contributed by atoms with E-state index in [-0.39, 0.29) is 5.91 Å². The van der Waals surface area contributed by atoms with Crippen molar-refractivity contribution >= 4 is 5.91 Å². The number of amides is 1. The number of carbonyl (C=O) groups excluding carboxylic acids is 1. The predicted molar refractivity (Wildman–Crippen MR) is 68.4 cm³/mol. The van der Waals surface area contributed by atoms with Gasteiger partial charge in [-0.15, -0.1) is 0 Å². The molecule has 0 radical (unpaired) electrons. The van der Waals surface area contributed by atoms with Crippen LogP contribution in [-0.4, -0.2) is 33.4 Å². The third-order valence-electron chi connectivity index (χ3n) is 3.56. The maximum absolute atomic E-state index is 11.9. The Labute approximate surface area is 107 Å². The van der Waals surface area contributed by atoms with Crippen LogP contribution in [0.4, 0.5) is 0 Å². The molecule has 1 heterocycles. The highest BCUT2D eigenvalue weighted by molar-refractivity contribution is 5.92. The number of aliphatic hydroxyl groups is 1. The molecule has 2 rings (SSSR count). The fourth-order valence-electron chi connectivity index (χ4n) is 2.29. The molecule has 1 aromatic rings. The molecular weight excluding hydrogens is 230 g/mol. The minimum Gasteiger partial charge on any atom is -0.388 e. The van der Waals surface area contributed by atoms with Crippen LogP contribution < -0.4 is 5.32 Å². The quantitative estimate of drug-likeness (QED) is 0.760. The normalized spacial score (nSPS) is 18.2. The summed E-state index contributed by atoms with van der Waals surface area (Å²) in [6, 6.07) is 1.76. The van der Waals surface area contributed by atoms with Crippen LogP contribution in [-0.2, 0) is 0 Å². The number of aromatic nitrogens is 2. The van der Waals surface area contributed by atoms with E-state index in [1.54, 1.807) is 6.07 Å². The van der Waals surface area contributed by atoms with E-state index in [1.807, 2.05) is 13.8 Å². The van der Waals surface area contributed by atoms with Crippen molar-refractivity contribution in [1.29, 1.82) is 0 Å². The molecule has 5 heteroatoms. The first kappa shape index (κ1) is 13.1. The Balaban J connectivity index is 1.91. The van der Waals surface area contributed by atoms with Gasteiger partial charge in [0.1, 0.15) is 5.69 Å². The largest absolute Gasteiger partial charge is 0.388 e. The van der Waals surface area contributed by atoms with Crippen molar-refractivity contribution in [2.75, 3.05) is 6.54 Å². The lowest BCUT2D eigenvalue weighted by Gasteiger charge is -2.21. The summed E-state index contributed by atoms with van der Waals surface area (Å²) >= 11 is 0. The van der Waals surface area contributed by atoms with E-state index in [4.69, 9.17) is 0 Å². The third-order valence-corrected chi connectivity index (χ3v) is 3.56. The van der Waals surface area contributed by atoms with E-state index in [0.717, 1.165) is 31.4 Å². The molecule has 0 atom stereocenters. The lowest BCUT2D eigenvalue weighted by molar-refractivity contribution is 0.0448. The first-order chi connectivity index (χ1) is 8.50. The summed E-state index contributed by atoms with van der Waals surface area (Å²) in [7, 11) is 0. The Morgan fingerprint density at radius 3 is 2.78 bits per heavy atom. The zero-order valence-electron chi connectivity index (χ0n) is 11.0. The van der Waals surface area contributed by atoms with E-state index in [2.05, 4.69) is 15.5 Å². The number of carbonyl (C=O) groups is 1. The molecule has 1 fully saturated rings. The van der Waals surface area contributed by atoms with Gasteiger partial charge in [-0.3, -0.25) is 9.89 Å². The molecule has 1 amide bonds. The Morgan fingerprint density at radius 2 is 2.22 bits per heavy atom. The van der Waals surface area contributed by atoms with Crippen molar-refractivity contribution in [3.63, 3.8) is 0 Å². The molecule has 1 saturated carbocycles. The van der Waals surface area contributed by atoms with Gasteiger partial charge in [-0.2, -0.15) is 5.10 Å². The van der Waals surface area contributed by atoms with Crippen molar-refractivity contribution in [2.45, 2.75) is 51.0 Å². The number of hydrogen-bond acceptors (Lipinski definition) is 3. The second kappa shape index (κ2) is 5.10. The highest BCUT2D eigenvalue weighted by Gasteiger charge is 2.31. The Morgan fingerprint density at radius 1 is 1.56 bits per heavy atom. The predicted octanol–water partition coefficient (Wildman–Crippen LogP) is 1.57. The van der Waals surface area contributed by atoms with Gasteiger partial charge in [0.15, 0.2) is 0 Å². The molecule has 0 aromatic carbocycles. The zero-order chi connectivity index (χ0) is 13.2. The standard InChI is InChI=1S/C13H21N3O2/c1-9(2)10-7-11(16-15-10)12(17)14-8-13(18)5-3-4-6-13/h7,9,18H,3-6,8H2,1-2H3,(H,14,17)(H,15,16). The Kier molecular flexibility index (Phi) is 3.71. The molecule has 1 aliphatic rings. The van der Waals surface area contributed by atoms with Crippen LogP contribution in [0.15, 0.2) is 6.07 Å². The van der Waals surface area contributed by atoms with Crippen LogP contribution in [0.5, 0.6) is 0 Å². The molecule has 18 heavy (non-hydrogen) atoms. The van der Waals surface area contributed by atoms with Gasteiger partial charge in [-0.05, 0) is 24.8 Å². The second-order valence-electron chi connectivity index (χ2n) is 5.48. The lowest BCUT2D eigenvalue weighted by Crippen LogP contribution is -2.40. The summed E-state index contributed by atoms with van der Waals surface area (Å²) in [5, 5.41) is 19.7. The number of hydrogen-bond donors (Lipinski definition) is 3. The molecule has 0 saturated heterocycles. The first-order valence-electron chi connectivity index (χ1n) is 6.56. The maximum Gasteiger partial charge on any atom is 0.271 e. The molecule has 5 nitrogen and oxygen atoms in total. The molecule has 0 unspecified atom stereocenters. The SMILES string of the molecule is CC(C)c1cc(C(=O)NCC2(O)CCCC2)n[nH]1. The first-order valence-corrected chi connectivity index (χ1v) is 6.56. The van der Waals surface area contributed by atoms with Gasteiger partial charge in [0.25, 0.3) is 5.91 Å². The van der Waals surface area contributed by atoms with Gasteiger partial charge in [0.2, 0.25) is 0 Å². The number of rotatable bonds is 4. The van der Waals surface area contributed by atoms with Crippen LogP contribution in [0.25, 0.3) is 0 Å². The van der Waals surface area contributed by atoms with Gasteiger partial charge in [-0.1, -0.05) is 26.7 Å². The monoisotopic (exact) mass is 251 g/mol. The van der Waals surface area contributed by atoms with Crippen LogP contribution in [0.3, 0.4) is 0 Å². The Hall–Kier alpha value is -1.36. The summed E-state index contributed by atoms with van der Waals surface area (Å²) in [5.74, 6) is 0.0940. The lowest BCUT2D eigenvalue weighted by atomic mass is 10.0. The molecule has 1 aliphatic carbocycles. The summed E-state index contributed by atoms with van der Waals surface area (Å²) in [6.07, 6.45) is 3.61. The average molecular weight is 251 g/mol. The molecule has 0 aliphatic heterocycles. The van der Waals surface area contributed by atoms with Crippen molar-refractivity contribution < 1.29 is 9.90 Å². The molecule has 1 aromatic heterocycles. The van der Waals surface area contributed by atoms with Crippen LogP contribution in [0, 0.1) is 0 Å². The van der Waals surface area contributed by atoms with E-state index in [9.17, 15) is 9.90 Å². The second-order valence-corrected chi connectivity index (χ2v) is 5.48. The van der Waals surface area contributed by atoms with Gasteiger partial charge in [0, 0.05) is 12.2 Å². The maximum atomic E-state index is 11.9. The van der Waals surface area contributed by atoms with E-state index >= 15 is 0 Å². The number of nitrogens with zero attached hydrogens (tertiary/aromatic N) is 1. The Bertz CT molecular complexity index is 420. The molecule has 100 valence electrons. The summed E-state index contributed by atoms with van der Waals surface area (Å²) in [6.45, 7) is 4.39. The fourth-order valence-corrected chi connectivity index (χ4v) is 2.29. The zero-order valence-corrected chi connectivity index (χ0v) is 11.0. The third kappa shape index (κ3) is 2.90. The van der Waals surface area contributed by atoms with Crippen LogP contribution in [0.1, 0.15) is 61.6 Å². The molecule has 0 bridgehead atoms. The van der Waals surface area contributed by atoms with Gasteiger partial charge < -0.3 is 10.4 Å². The molecular formula is C13H21N3O2. The van der Waals surface area contributed by atoms with E-state index in [1.165, 1.54) is 0 Å². The number of nitrogens with one attached hydrogen (secondary N) is 2. The topological polar surface area (TPSA) is 78.0 Å². The fraction of sp³-hybridized carbons (Fsp3) is 0.692. The minimum atomic E-state index is -0.715. The van der Waals surface area contributed by atoms with Gasteiger partial charge in [-0.25, -0.2) is 0 Å². The smallest absolute Gasteiger partial charge is 0.271 e. The summed E-state index contributed by atoms with van der Waals surface area (Å²) < 4.78 is 0. The average Bonchev–Trinajstić information content (AvgIpc) is 2.95. The van der Waals surface area contributed by atoms with E-state index in [0.29, 0.717) is 18.2 Å². The summed E-state index contributed by atoms with van der Waals surface area (Å²) in [5.41, 5.74) is 0.618. The number of aromatic amines is 1. The van der Waals surface area contributed by atoms with Gasteiger partial charge >= 0.3 is 0 Å². The van der Waals surface area contributed by atoms with Crippen molar-refractivity contribution in [3.8, 4) is 0 Å². The van der Waals surface area contributed by atoms with Gasteiger partial charge in [0.05, 0.1) is 5.60 Å². The van der Waals surface area contributed by atoms with Crippen molar-refractivity contribution in [3.05, 3.63) is 17.5 Å². The van der Waals surface area contributed by atoms with Crippen LogP contribution >= 0.6 is 0 Å². The molecule has 3 N–H and O–H groups in total. The van der Waals surface area contributed by atoms with Crippen molar-refractivity contribution in [2.24, 2.45) is 0 Å². The number of H-pyrrole nitrogens is 1. The van der Waals surface area contributed by atoms with Crippen molar-refractivity contribution in [1.82, 2.24) is 15.5 Å².